The first-order chi connectivity index (χ1) is 12.6. The lowest BCUT2D eigenvalue weighted by molar-refractivity contribution is 0.102. The predicted octanol–water partition coefficient (Wildman–Crippen LogP) is 2.79. The summed E-state index contributed by atoms with van der Waals surface area (Å²) in [4.78, 5) is 20.4. The van der Waals surface area contributed by atoms with Crippen molar-refractivity contribution in [3.63, 3.8) is 0 Å². The zero-order chi connectivity index (χ0) is 18.1. The molecule has 2 aromatic heterocycles. The SMILES string of the molecule is Nc1ncnc2c1cnn2-c1cccc(NC(=O)c2ccc(F)cc2)c1. The fourth-order valence-corrected chi connectivity index (χ4v) is 2.57. The molecule has 3 N–H and O–H groups in total. The van der Waals surface area contributed by atoms with Crippen molar-refractivity contribution >= 4 is 28.4 Å². The van der Waals surface area contributed by atoms with Gasteiger partial charge in [-0.15, -0.1) is 0 Å². The Labute approximate surface area is 147 Å². The van der Waals surface area contributed by atoms with Crippen LogP contribution in [0.15, 0.2) is 61.1 Å². The summed E-state index contributed by atoms with van der Waals surface area (Å²) >= 11 is 0. The summed E-state index contributed by atoms with van der Waals surface area (Å²) in [7, 11) is 0. The van der Waals surface area contributed by atoms with Crippen LogP contribution >= 0.6 is 0 Å². The standard InChI is InChI=1S/C18H13FN6O/c19-12-6-4-11(5-7-12)18(26)24-13-2-1-3-14(8-13)25-17-15(9-23-25)16(20)21-10-22-17/h1-10H,(H,24,26)(H2,20,21,22). The van der Waals surface area contributed by atoms with Crippen molar-refractivity contribution < 1.29 is 9.18 Å². The molecule has 2 heterocycles. The number of nitrogens with zero attached hydrogens (tertiary/aromatic N) is 4. The summed E-state index contributed by atoms with van der Waals surface area (Å²) in [5, 5.41) is 7.72. The lowest BCUT2D eigenvalue weighted by Crippen LogP contribution is -2.12. The Kier molecular flexibility index (Phi) is 3.77. The number of hydrogen-bond donors (Lipinski definition) is 2. The van der Waals surface area contributed by atoms with E-state index in [4.69, 9.17) is 5.73 Å². The van der Waals surface area contributed by atoms with E-state index in [0.29, 0.717) is 33.8 Å². The molecule has 0 radical (unpaired) electrons. The van der Waals surface area contributed by atoms with Gasteiger partial charge < -0.3 is 11.1 Å². The predicted molar refractivity (Wildman–Crippen MR) is 95.4 cm³/mol. The van der Waals surface area contributed by atoms with E-state index in [1.54, 1.807) is 29.1 Å². The van der Waals surface area contributed by atoms with Crippen molar-refractivity contribution in [1.29, 1.82) is 0 Å². The van der Waals surface area contributed by atoms with Crippen molar-refractivity contribution in [3.05, 3.63) is 72.4 Å². The molecule has 4 rings (SSSR count). The van der Waals surface area contributed by atoms with E-state index in [1.807, 2.05) is 6.07 Å². The molecule has 0 saturated carbocycles. The van der Waals surface area contributed by atoms with E-state index >= 15 is 0 Å². The van der Waals surface area contributed by atoms with Gasteiger partial charge in [0.25, 0.3) is 5.91 Å². The molecule has 2 aromatic carbocycles. The summed E-state index contributed by atoms with van der Waals surface area (Å²) in [6.45, 7) is 0. The third-order valence-corrected chi connectivity index (χ3v) is 3.85. The molecule has 4 aromatic rings. The summed E-state index contributed by atoms with van der Waals surface area (Å²) in [6.07, 6.45) is 2.96. The van der Waals surface area contributed by atoms with E-state index in [1.165, 1.54) is 30.6 Å². The second-order valence-electron chi connectivity index (χ2n) is 5.56. The van der Waals surface area contributed by atoms with Crippen LogP contribution in [0.5, 0.6) is 0 Å². The van der Waals surface area contributed by atoms with E-state index in [9.17, 15) is 9.18 Å². The summed E-state index contributed by atoms with van der Waals surface area (Å²) in [6, 6.07) is 12.5. The van der Waals surface area contributed by atoms with Gasteiger partial charge >= 0.3 is 0 Å². The third-order valence-electron chi connectivity index (χ3n) is 3.85. The maximum atomic E-state index is 13.0. The van der Waals surface area contributed by atoms with Crippen molar-refractivity contribution in [2.45, 2.75) is 0 Å². The maximum absolute atomic E-state index is 13.0. The molecular weight excluding hydrogens is 335 g/mol. The highest BCUT2D eigenvalue weighted by molar-refractivity contribution is 6.04. The Balaban J connectivity index is 1.65. The fraction of sp³-hybridized carbons (Fsp3) is 0. The van der Waals surface area contributed by atoms with Crippen molar-refractivity contribution in [3.8, 4) is 5.69 Å². The average molecular weight is 348 g/mol. The molecule has 0 aliphatic carbocycles. The second-order valence-corrected chi connectivity index (χ2v) is 5.56. The first-order valence-electron chi connectivity index (χ1n) is 7.73. The molecule has 0 aliphatic rings. The molecule has 0 unspecified atom stereocenters. The molecule has 0 aliphatic heterocycles. The molecule has 7 nitrogen and oxygen atoms in total. The Hall–Kier alpha value is -3.81. The van der Waals surface area contributed by atoms with E-state index in [0.717, 1.165) is 0 Å². The summed E-state index contributed by atoms with van der Waals surface area (Å²) in [5.74, 6) is -0.378. The summed E-state index contributed by atoms with van der Waals surface area (Å²) in [5.41, 5.74) is 8.04. The first kappa shape index (κ1) is 15.7. The largest absolute Gasteiger partial charge is 0.383 e. The third kappa shape index (κ3) is 2.84. The number of amides is 1. The van der Waals surface area contributed by atoms with Gasteiger partial charge in [-0.2, -0.15) is 5.10 Å². The van der Waals surface area contributed by atoms with Gasteiger partial charge in [-0.05, 0) is 42.5 Å². The molecule has 0 saturated heterocycles. The molecule has 1 amide bonds. The van der Waals surface area contributed by atoms with Crippen LogP contribution in [0.25, 0.3) is 16.7 Å². The molecule has 0 spiro atoms. The van der Waals surface area contributed by atoms with Crippen LogP contribution in [-0.2, 0) is 0 Å². The minimum atomic E-state index is -0.393. The van der Waals surface area contributed by atoms with Gasteiger partial charge in [-0.25, -0.2) is 19.0 Å². The number of nitrogens with two attached hydrogens (primary N) is 1. The Morgan fingerprint density at radius 2 is 1.92 bits per heavy atom. The Morgan fingerprint density at radius 3 is 2.73 bits per heavy atom. The van der Waals surface area contributed by atoms with Crippen LogP contribution in [0.4, 0.5) is 15.9 Å². The van der Waals surface area contributed by atoms with Crippen molar-refractivity contribution in [2.75, 3.05) is 11.1 Å². The van der Waals surface area contributed by atoms with E-state index < -0.39 is 5.82 Å². The highest BCUT2D eigenvalue weighted by atomic mass is 19.1. The van der Waals surface area contributed by atoms with Crippen LogP contribution in [0, 0.1) is 5.82 Å². The maximum Gasteiger partial charge on any atom is 0.255 e. The van der Waals surface area contributed by atoms with E-state index in [-0.39, 0.29) is 5.91 Å². The highest BCUT2D eigenvalue weighted by Crippen LogP contribution is 2.21. The molecule has 0 atom stereocenters. The van der Waals surface area contributed by atoms with Crippen molar-refractivity contribution in [2.24, 2.45) is 0 Å². The summed E-state index contributed by atoms with van der Waals surface area (Å²) < 4.78 is 14.6. The smallest absolute Gasteiger partial charge is 0.255 e. The lowest BCUT2D eigenvalue weighted by Gasteiger charge is -2.08. The van der Waals surface area contributed by atoms with Gasteiger partial charge in [0, 0.05) is 11.3 Å². The first-order valence-corrected chi connectivity index (χ1v) is 7.73. The van der Waals surface area contributed by atoms with Crippen LogP contribution in [0.1, 0.15) is 10.4 Å². The molecule has 8 heteroatoms. The number of halogens is 1. The average Bonchev–Trinajstić information content (AvgIpc) is 3.08. The number of aromatic nitrogens is 4. The van der Waals surface area contributed by atoms with Crippen molar-refractivity contribution in [1.82, 2.24) is 19.7 Å². The van der Waals surface area contributed by atoms with Gasteiger partial charge in [0.05, 0.1) is 17.3 Å². The van der Waals surface area contributed by atoms with Crippen LogP contribution in [0.3, 0.4) is 0 Å². The molecule has 0 fully saturated rings. The fourth-order valence-electron chi connectivity index (χ4n) is 2.57. The molecule has 0 bridgehead atoms. The lowest BCUT2D eigenvalue weighted by atomic mass is 10.2. The number of rotatable bonds is 3. The Morgan fingerprint density at radius 1 is 1.12 bits per heavy atom. The molecule has 128 valence electrons. The topological polar surface area (TPSA) is 98.7 Å². The van der Waals surface area contributed by atoms with Crippen LogP contribution < -0.4 is 11.1 Å². The van der Waals surface area contributed by atoms with Gasteiger partial charge in [0.15, 0.2) is 5.65 Å². The molecule has 26 heavy (non-hydrogen) atoms. The number of anilines is 2. The van der Waals surface area contributed by atoms with Crippen LogP contribution in [0.2, 0.25) is 0 Å². The van der Waals surface area contributed by atoms with Gasteiger partial charge in [-0.3, -0.25) is 4.79 Å². The zero-order valence-electron chi connectivity index (χ0n) is 13.4. The minimum Gasteiger partial charge on any atom is -0.383 e. The second kappa shape index (κ2) is 6.25. The van der Waals surface area contributed by atoms with Crippen LogP contribution in [-0.4, -0.2) is 25.7 Å². The normalized spacial score (nSPS) is 10.8. The monoisotopic (exact) mass is 348 g/mol. The van der Waals surface area contributed by atoms with Gasteiger partial charge in [0.1, 0.15) is 18.0 Å². The number of carbonyl (C=O) groups is 1. The number of nitrogens with one attached hydrogen (secondary N) is 1. The number of nitrogen functional groups attached to an aromatic ring is 1. The van der Waals surface area contributed by atoms with Gasteiger partial charge in [0.2, 0.25) is 0 Å². The number of hydrogen-bond acceptors (Lipinski definition) is 5. The van der Waals surface area contributed by atoms with Gasteiger partial charge in [-0.1, -0.05) is 6.07 Å². The number of carbonyl (C=O) groups excluding carboxylic acids is 1. The Bertz CT molecular complexity index is 1110. The minimum absolute atomic E-state index is 0.334. The zero-order valence-corrected chi connectivity index (χ0v) is 13.4. The van der Waals surface area contributed by atoms with E-state index in [2.05, 4.69) is 20.4 Å². The highest BCUT2D eigenvalue weighted by Gasteiger charge is 2.11. The molecular formula is C18H13FN6O. The number of benzene rings is 2. The number of fused-ring (bicyclic) bond motifs is 1. The quantitative estimate of drug-likeness (QED) is 0.593.